The highest BCUT2D eigenvalue weighted by Crippen LogP contribution is 2.30. The van der Waals surface area contributed by atoms with Crippen LogP contribution >= 0.6 is 22.6 Å². The predicted molar refractivity (Wildman–Crippen MR) is 98.6 cm³/mol. The molecule has 0 radical (unpaired) electrons. The molecule has 27 heavy (non-hydrogen) atoms. The Bertz CT molecular complexity index is 880. The number of nitrogens with one attached hydrogen (secondary N) is 2. The summed E-state index contributed by atoms with van der Waals surface area (Å²) in [5.41, 5.74) is 0.136. The van der Waals surface area contributed by atoms with Crippen molar-refractivity contribution in [2.75, 3.05) is 18.5 Å². The lowest BCUT2D eigenvalue weighted by Crippen LogP contribution is -2.26. The van der Waals surface area contributed by atoms with Gasteiger partial charge in [-0.05, 0) is 46.9 Å². The predicted octanol–water partition coefficient (Wildman–Crippen LogP) is 2.91. The van der Waals surface area contributed by atoms with Gasteiger partial charge in [0.2, 0.25) is 0 Å². The van der Waals surface area contributed by atoms with E-state index in [1.807, 2.05) is 28.1 Å². The first-order valence-electron chi connectivity index (χ1n) is 7.33. The van der Waals surface area contributed by atoms with Gasteiger partial charge in [-0.15, -0.1) is 0 Å². The zero-order valence-electron chi connectivity index (χ0n) is 13.5. The van der Waals surface area contributed by atoms with Gasteiger partial charge in [-0.2, -0.15) is 0 Å². The van der Waals surface area contributed by atoms with Crippen molar-refractivity contribution in [2.24, 2.45) is 5.16 Å². The van der Waals surface area contributed by atoms with E-state index in [2.05, 4.69) is 15.3 Å². The molecule has 11 heteroatoms. The Kier molecular flexibility index (Phi) is 7.38. The lowest BCUT2D eigenvalue weighted by atomic mass is 10.1. The Morgan fingerprint density at radius 3 is 2.63 bits per heavy atom. The Morgan fingerprint density at radius 1 is 1.26 bits per heavy atom. The summed E-state index contributed by atoms with van der Waals surface area (Å²) in [6.45, 7) is -0.631. The Morgan fingerprint density at radius 2 is 2.00 bits per heavy atom. The Hall–Kier alpha value is -2.38. The van der Waals surface area contributed by atoms with E-state index in [-0.39, 0.29) is 18.9 Å². The molecule has 0 unspecified atom stereocenters. The molecule has 0 fully saturated rings. The van der Waals surface area contributed by atoms with E-state index in [0.29, 0.717) is 9.78 Å². The van der Waals surface area contributed by atoms with Crippen LogP contribution in [0.15, 0.2) is 29.4 Å². The van der Waals surface area contributed by atoms with Crippen molar-refractivity contribution in [1.29, 1.82) is 0 Å². The van der Waals surface area contributed by atoms with E-state index >= 15 is 0 Å². The average molecular weight is 495 g/mol. The third kappa shape index (κ3) is 5.08. The number of hydrogen-bond donors (Lipinski definition) is 4. The second-order valence-corrected chi connectivity index (χ2v) is 6.26. The van der Waals surface area contributed by atoms with Crippen molar-refractivity contribution in [3.8, 4) is 0 Å². The summed E-state index contributed by atoms with van der Waals surface area (Å²) >= 11 is 1.87. The van der Waals surface area contributed by atoms with Gasteiger partial charge in [-0.25, -0.2) is 18.7 Å². The molecule has 0 aliphatic carbocycles. The van der Waals surface area contributed by atoms with Crippen molar-refractivity contribution in [1.82, 2.24) is 5.48 Å². The molecule has 2 aromatic rings. The third-order valence-electron chi connectivity index (χ3n) is 3.23. The van der Waals surface area contributed by atoms with E-state index in [1.54, 1.807) is 0 Å². The van der Waals surface area contributed by atoms with Gasteiger partial charge >= 0.3 is 0 Å². The average Bonchev–Trinajstić information content (AvgIpc) is 2.63. The fourth-order valence-corrected chi connectivity index (χ4v) is 2.50. The molecule has 0 bridgehead atoms. The standard InChI is InChI=1S/C16H13F3IN3O4/c17-11-6-9(20)1-2-12(11)22-15-10(16(25)23-27-4-3-24)5-8(7-21-26)13(18)14(15)19/h1-2,5-7,22,24,26H,3-4H2,(H,23,25)/b21-7-. The maximum Gasteiger partial charge on any atom is 0.277 e. The van der Waals surface area contributed by atoms with E-state index in [0.717, 1.165) is 12.1 Å². The monoisotopic (exact) mass is 495 g/mol. The molecule has 0 saturated heterocycles. The highest BCUT2D eigenvalue weighted by molar-refractivity contribution is 14.1. The number of rotatable bonds is 7. The van der Waals surface area contributed by atoms with E-state index < -0.39 is 40.2 Å². The van der Waals surface area contributed by atoms with Gasteiger partial charge in [0.15, 0.2) is 11.6 Å². The van der Waals surface area contributed by atoms with Crippen LogP contribution in [-0.4, -0.2) is 35.6 Å². The van der Waals surface area contributed by atoms with E-state index in [4.69, 9.17) is 10.3 Å². The van der Waals surface area contributed by atoms with Crippen LogP contribution in [0.5, 0.6) is 0 Å². The van der Waals surface area contributed by atoms with Crippen LogP contribution in [0, 0.1) is 21.0 Å². The van der Waals surface area contributed by atoms with Gasteiger partial charge in [0.25, 0.3) is 5.91 Å². The van der Waals surface area contributed by atoms with Crippen molar-refractivity contribution in [2.45, 2.75) is 0 Å². The van der Waals surface area contributed by atoms with Gasteiger partial charge in [-0.3, -0.25) is 9.63 Å². The topological polar surface area (TPSA) is 103 Å². The van der Waals surface area contributed by atoms with Crippen molar-refractivity contribution in [3.63, 3.8) is 0 Å². The molecule has 7 nitrogen and oxygen atoms in total. The number of carbonyl (C=O) groups is 1. The summed E-state index contributed by atoms with van der Waals surface area (Å²) in [4.78, 5) is 16.9. The minimum absolute atomic E-state index is 0.192. The normalized spacial score (nSPS) is 11.0. The molecule has 1 amide bonds. The van der Waals surface area contributed by atoms with Gasteiger partial charge in [0.1, 0.15) is 5.82 Å². The molecule has 0 atom stereocenters. The van der Waals surface area contributed by atoms with E-state index in [9.17, 15) is 18.0 Å². The number of aliphatic hydroxyl groups is 1. The zero-order chi connectivity index (χ0) is 20.0. The van der Waals surface area contributed by atoms with Crippen molar-refractivity contribution >= 4 is 46.1 Å². The number of oxime groups is 1. The number of hydroxylamine groups is 1. The summed E-state index contributed by atoms with van der Waals surface area (Å²) in [6, 6.07) is 4.87. The van der Waals surface area contributed by atoms with Crippen LogP contribution in [0.2, 0.25) is 0 Å². The van der Waals surface area contributed by atoms with Crippen molar-refractivity contribution in [3.05, 3.63) is 56.4 Å². The number of halogens is 4. The van der Waals surface area contributed by atoms with Crippen LogP contribution in [-0.2, 0) is 4.84 Å². The molecule has 4 N–H and O–H groups in total. The van der Waals surface area contributed by atoms with E-state index in [1.165, 1.54) is 12.1 Å². The van der Waals surface area contributed by atoms with Crippen LogP contribution in [0.3, 0.4) is 0 Å². The fourth-order valence-electron chi connectivity index (χ4n) is 2.05. The summed E-state index contributed by atoms with van der Waals surface area (Å²) in [5.74, 6) is -4.64. The molecule has 2 aromatic carbocycles. The highest BCUT2D eigenvalue weighted by Gasteiger charge is 2.23. The highest BCUT2D eigenvalue weighted by atomic mass is 127. The second-order valence-electron chi connectivity index (χ2n) is 5.01. The van der Waals surface area contributed by atoms with Gasteiger partial charge < -0.3 is 15.6 Å². The zero-order valence-corrected chi connectivity index (χ0v) is 15.6. The first kappa shape index (κ1) is 20.9. The molecule has 0 aliphatic heterocycles. The minimum Gasteiger partial charge on any atom is -0.411 e. The second kappa shape index (κ2) is 9.53. The molecule has 0 aromatic heterocycles. The summed E-state index contributed by atoms with van der Waals surface area (Å²) in [7, 11) is 0. The largest absolute Gasteiger partial charge is 0.411 e. The quantitative estimate of drug-likeness (QED) is 0.156. The minimum atomic E-state index is -1.49. The fraction of sp³-hybridized carbons (Fsp3) is 0.125. The van der Waals surface area contributed by atoms with Crippen LogP contribution in [0.4, 0.5) is 24.5 Å². The van der Waals surface area contributed by atoms with Gasteiger partial charge in [-0.1, -0.05) is 5.16 Å². The molecule has 0 spiro atoms. The molecule has 2 rings (SSSR count). The lowest BCUT2D eigenvalue weighted by molar-refractivity contribution is 0.0168. The van der Waals surface area contributed by atoms with Crippen LogP contribution in [0.1, 0.15) is 15.9 Å². The number of amides is 1. The first-order chi connectivity index (χ1) is 12.9. The number of benzene rings is 2. The first-order valence-corrected chi connectivity index (χ1v) is 8.41. The molecule has 0 heterocycles. The number of aliphatic hydroxyl groups excluding tert-OH is 1. The van der Waals surface area contributed by atoms with Gasteiger partial charge in [0, 0.05) is 9.13 Å². The van der Waals surface area contributed by atoms with Crippen molar-refractivity contribution < 1.29 is 33.1 Å². The smallest absolute Gasteiger partial charge is 0.277 e. The van der Waals surface area contributed by atoms with Crippen LogP contribution in [0.25, 0.3) is 0 Å². The maximum absolute atomic E-state index is 14.5. The van der Waals surface area contributed by atoms with Crippen LogP contribution < -0.4 is 10.8 Å². The molecule has 144 valence electrons. The number of hydrogen-bond acceptors (Lipinski definition) is 6. The maximum atomic E-state index is 14.5. The summed E-state index contributed by atoms with van der Waals surface area (Å²) in [5, 5.41) is 22.2. The molecule has 0 saturated carbocycles. The third-order valence-corrected chi connectivity index (χ3v) is 3.90. The molecule has 0 aliphatic rings. The SMILES string of the molecule is O=C(NOCCO)c1cc(/C=N\O)c(F)c(F)c1Nc1ccc(I)cc1F. The summed E-state index contributed by atoms with van der Waals surface area (Å²) in [6.07, 6.45) is 0.596. The molecular weight excluding hydrogens is 482 g/mol. The lowest BCUT2D eigenvalue weighted by Gasteiger charge is -2.15. The number of nitrogens with zero attached hydrogens (tertiary/aromatic N) is 1. The number of carbonyl (C=O) groups excluding carboxylic acids is 1. The number of anilines is 2. The van der Waals surface area contributed by atoms with Gasteiger partial charge in [0.05, 0.1) is 36.4 Å². The molecular formula is C16H13F3IN3O4. The Labute approximate surface area is 164 Å². The summed E-state index contributed by atoms with van der Waals surface area (Å²) < 4.78 is 43.3. The Balaban J connectivity index is 2.52.